The Hall–Kier alpha value is -1.66. The van der Waals surface area contributed by atoms with Crippen molar-refractivity contribution in [1.82, 2.24) is 10.2 Å². The number of nitrogens with one attached hydrogen (secondary N) is 1. The lowest BCUT2D eigenvalue weighted by Crippen LogP contribution is -2.50. The molecule has 2 N–H and O–H groups in total. The molecule has 24 heavy (non-hydrogen) atoms. The standard InChI is InChI=1S/C18H27FN2O3/c1-12-4-5-13(2)21(12)14(3)18(23)20-10-16(22)11-24-17-8-6-15(19)7-9-17/h6-9,12-14,16,22H,4-5,10-11H2,1-3H3,(H,20,23). The maximum atomic E-state index is 12.8. The first kappa shape index (κ1) is 18.7. The van der Waals surface area contributed by atoms with E-state index < -0.39 is 6.10 Å². The van der Waals surface area contributed by atoms with E-state index in [0.717, 1.165) is 12.8 Å². The summed E-state index contributed by atoms with van der Waals surface area (Å²) in [6.07, 6.45) is 1.39. The van der Waals surface area contributed by atoms with Crippen molar-refractivity contribution >= 4 is 5.91 Å². The highest BCUT2D eigenvalue weighted by atomic mass is 19.1. The molecule has 134 valence electrons. The number of ether oxygens (including phenoxy) is 1. The minimum atomic E-state index is -0.820. The van der Waals surface area contributed by atoms with Gasteiger partial charge in [-0.25, -0.2) is 4.39 Å². The number of rotatable bonds is 7. The number of aliphatic hydroxyl groups excluding tert-OH is 1. The normalized spacial score (nSPS) is 23.7. The molecule has 1 aliphatic rings. The molecule has 0 aromatic heterocycles. The molecule has 1 aromatic rings. The Kier molecular flexibility index (Phi) is 6.57. The summed E-state index contributed by atoms with van der Waals surface area (Å²) in [5.74, 6) is 0.0563. The third-order valence-corrected chi connectivity index (χ3v) is 4.61. The van der Waals surface area contributed by atoms with Gasteiger partial charge in [-0.15, -0.1) is 0 Å². The molecule has 1 aliphatic heterocycles. The van der Waals surface area contributed by atoms with Gasteiger partial charge in [0.15, 0.2) is 0 Å². The summed E-state index contributed by atoms with van der Waals surface area (Å²) in [4.78, 5) is 14.5. The van der Waals surface area contributed by atoms with Crippen LogP contribution in [0.2, 0.25) is 0 Å². The predicted octanol–water partition coefficient (Wildman–Crippen LogP) is 1.94. The molecule has 1 aromatic carbocycles. The number of aliphatic hydroxyl groups is 1. The van der Waals surface area contributed by atoms with Gasteiger partial charge in [0.2, 0.25) is 5.91 Å². The Morgan fingerprint density at radius 3 is 2.50 bits per heavy atom. The maximum Gasteiger partial charge on any atom is 0.237 e. The third kappa shape index (κ3) is 4.92. The fourth-order valence-electron chi connectivity index (χ4n) is 3.26. The zero-order valence-corrected chi connectivity index (χ0v) is 14.5. The van der Waals surface area contributed by atoms with Crippen molar-refractivity contribution in [3.8, 4) is 5.75 Å². The minimum absolute atomic E-state index is 0.0385. The van der Waals surface area contributed by atoms with Gasteiger partial charge in [0.05, 0.1) is 6.04 Å². The first-order valence-electron chi connectivity index (χ1n) is 8.50. The summed E-state index contributed by atoms with van der Waals surface area (Å²) in [7, 11) is 0. The van der Waals surface area contributed by atoms with Crippen molar-refractivity contribution in [2.45, 2.75) is 57.8 Å². The zero-order valence-electron chi connectivity index (χ0n) is 14.5. The fraction of sp³-hybridized carbons (Fsp3) is 0.611. The van der Waals surface area contributed by atoms with Crippen LogP contribution >= 0.6 is 0 Å². The summed E-state index contributed by atoms with van der Waals surface area (Å²) < 4.78 is 18.2. The van der Waals surface area contributed by atoms with Crippen molar-refractivity contribution in [2.75, 3.05) is 13.2 Å². The zero-order chi connectivity index (χ0) is 17.7. The van der Waals surface area contributed by atoms with Crippen molar-refractivity contribution in [1.29, 1.82) is 0 Å². The number of hydrogen-bond acceptors (Lipinski definition) is 4. The molecule has 4 unspecified atom stereocenters. The Morgan fingerprint density at radius 2 is 1.92 bits per heavy atom. The van der Waals surface area contributed by atoms with Crippen molar-refractivity contribution < 1.29 is 19.0 Å². The molecule has 0 aliphatic carbocycles. The Balaban J connectivity index is 1.73. The van der Waals surface area contributed by atoms with Crippen molar-refractivity contribution in [3.05, 3.63) is 30.1 Å². The molecule has 1 fully saturated rings. The summed E-state index contributed by atoms with van der Waals surface area (Å²) in [5.41, 5.74) is 0. The first-order chi connectivity index (χ1) is 11.4. The van der Waals surface area contributed by atoms with Crippen LogP contribution in [0.1, 0.15) is 33.6 Å². The lowest BCUT2D eigenvalue weighted by Gasteiger charge is -2.31. The predicted molar refractivity (Wildman–Crippen MR) is 90.4 cm³/mol. The average Bonchev–Trinajstić information content (AvgIpc) is 2.90. The van der Waals surface area contributed by atoms with E-state index in [1.54, 1.807) is 0 Å². The number of benzene rings is 1. The molecule has 0 radical (unpaired) electrons. The molecule has 0 saturated carbocycles. The van der Waals surface area contributed by atoms with Crippen LogP contribution in [-0.4, -0.2) is 53.3 Å². The van der Waals surface area contributed by atoms with Gasteiger partial charge in [0, 0.05) is 18.6 Å². The molecule has 4 atom stereocenters. The van der Waals surface area contributed by atoms with E-state index >= 15 is 0 Å². The SMILES string of the molecule is CC1CCC(C)N1C(C)C(=O)NCC(O)COc1ccc(F)cc1. The van der Waals surface area contributed by atoms with E-state index in [1.807, 2.05) is 6.92 Å². The number of halogens is 1. The number of hydrogen-bond donors (Lipinski definition) is 2. The van der Waals surface area contributed by atoms with Gasteiger partial charge in [-0.2, -0.15) is 0 Å². The van der Waals surface area contributed by atoms with Gasteiger partial charge < -0.3 is 15.2 Å². The van der Waals surface area contributed by atoms with Crippen LogP contribution in [0.4, 0.5) is 4.39 Å². The number of carbonyl (C=O) groups is 1. The third-order valence-electron chi connectivity index (χ3n) is 4.61. The summed E-state index contributed by atoms with van der Waals surface area (Å²) in [6.45, 7) is 6.34. The van der Waals surface area contributed by atoms with Crippen LogP contribution in [0, 0.1) is 5.82 Å². The van der Waals surface area contributed by atoms with Crippen LogP contribution in [0.3, 0.4) is 0 Å². The number of likely N-dealkylation sites (tertiary alicyclic amines) is 1. The molecular weight excluding hydrogens is 311 g/mol. The van der Waals surface area contributed by atoms with E-state index in [0.29, 0.717) is 17.8 Å². The average molecular weight is 338 g/mol. The highest BCUT2D eigenvalue weighted by molar-refractivity contribution is 5.81. The lowest BCUT2D eigenvalue weighted by atomic mass is 10.2. The van der Waals surface area contributed by atoms with E-state index in [9.17, 15) is 14.3 Å². The van der Waals surface area contributed by atoms with Crippen molar-refractivity contribution in [2.24, 2.45) is 0 Å². The van der Waals surface area contributed by atoms with E-state index in [2.05, 4.69) is 24.1 Å². The number of nitrogens with zero attached hydrogens (tertiary/aromatic N) is 1. The highest BCUT2D eigenvalue weighted by Crippen LogP contribution is 2.25. The second-order valence-electron chi connectivity index (χ2n) is 6.56. The Bertz CT molecular complexity index is 528. The van der Waals surface area contributed by atoms with Gasteiger partial charge in [-0.3, -0.25) is 9.69 Å². The molecule has 1 saturated heterocycles. The van der Waals surface area contributed by atoms with E-state index in [1.165, 1.54) is 24.3 Å². The minimum Gasteiger partial charge on any atom is -0.491 e. The molecule has 0 spiro atoms. The monoisotopic (exact) mass is 338 g/mol. The van der Waals surface area contributed by atoms with Gasteiger partial charge in [0.1, 0.15) is 24.3 Å². The topological polar surface area (TPSA) is 61.8 Å². The van der Waals surface area contributed by atoms with Crippen LogP contribution < -0.4 is 10.1 Å². The fourth-order valence-corrected chi connectivity index (χ4v) is 3.26. The lowest BCUT2D eigenvalue weighted by molar-refractivity contribution is -0.127. The summed E-state index contributed by atoms with van der Waals surface area (Å²) in [5, 5.41) is 12.7. The first-order valence-corrected chi connectivity index (χ1v) is 8.50. The molecule has 1 amide bonds. The van der Waals surface area contributed by atoms with Crippen LogP contribution in [0.5, 0.6) is 5.75 Å². The molecule has 5 nitrogen and oxygen atoms in total. The number of carbonyl (C=O) groups excluding carboxylic acids is 1. The largest absolute Gasteiger partial charge is 0.491 e. The second-order valence-corrected chi connectivity index (χ2v) is 6.56. The summed E-state index contributed by atoms with van der Waals surface area (Å²) in [6, 6.07) is 6.16. The van der Waals surface area contributed by atoms with Gasteiger partial charge in [-0.1, -0.05) is 0 Å². The maximum absolute atomic E-state index is 12.8. The van der Waals surface area contributed by atoms with Gasteiger partial charge >= 0.3 is 0 Å². The van der Waals surface area contributed by atoms with Gasteiger partial charge in [-0.05, 0) is 57.9 Å². The molecule has 6 heteroatoms. The van der Waals surface area contributed by atoms with E-state index in [-0.39, 0.29) is 30.9 Å². The molecular formula is C18H27FN2O3. The van der Waals surface area contributed by atoms with Crippen LogP contribution in [-0.2, 0) is 4.79 Å². The number of amides is 1. The Labute approximate surface area is 142 Å². The second kappa shape index (κ2) is 8.44. The van der Waals surface area contributed by atoms with E-state index in [4.69, 9.17) is 4.74 Å². The summed E-state index contributed by atoms with van der Waals surface area (Å²) >= 11 is 0. The quantitative estimate of drug-likeness (QED) is 0.798. The van der Waals surface area contributed by atoms with Crippen LogP contribution in [0.25, 0.3) is 0 Å². The molecule has 0 bridgehead atoms. The molecule has 1 heterocycles. The highest BCUT2D eigenvalue weighted by Gasteiger charge is 2.34. The molecule has 2 rings (SSSR count). The smallest absolute Gasteiger partial charge is 0.237 e. The van der Waals surface area contributed by atoms with Crippen molar-refractivity contribution in [3.63, 3.8) is 0 Å². The van der Waals surface area contributed by atoms with Crippen LogP contribution in [0.15, 0.2) is 24.3 Å². The Morgan fingerprint density at radius 1 is 1.33 bits per heavy atom. The van der Waals surface area contributed by atoms with Gasteiger partial charge in [0.25, 0.3) is 0 Å².